The van der Waals surface area contributed by atoms with E-state index in [0.29, 0.717) is 19.4 Å². The molecule has 0 saturated carbocycles. The fourth-order valence-electron chi connectivity index (χ4n) is 2.07. The van der Waals surface area contributed by atoms with Crippen molar-refractivity contribution in [1.82, 2.24) is 14.9 Å². The minimum absolute atomic E-state index is 0.151. The second kappa shape index (κ2) is 8.88. The Morgan fingerprint density at radius 3 is 2.76 bits per heavy atom. The molecule has 0 aliphatic heterocycles. The second-order valence-corrected chi connectivity index (χ2v) is 8.01. The maximum Gasteiger partial charge on any atom is 0.269 e. The van der Waals surface area contributed by atoms with Gasteiger partial charge >= 0.3 is 0 Å². The van der Waals surface area contributed by atoms with Gasteiger partial charge < -0.3 is 10.1 Å². The van der Waals surface area contributed by atoms with Crippen molar-refractivity contribution in [2.45, 2.75) is 31.0 Å². The van der Waals surface area contributed by atoms with Gasteiger partial charge in [-0.25, -0.2) is 13.1 Å². The normalized spacial score (nSPS) is 11.3. The van der Waals surface area contributed by atoms with E-state index in [4.69, 9.17) is 4.74 Å². The number of nitrogens with zero attached hydrogens (tertiary/aromatic N) is 2. The van der Waals surface area contributed by atoms with Crippen LogP contribution in [0.25, 0.3) is 0 Å². The number of carbonyl (C=O) groups excluding carboxylic acids is 1. The van der Waals surface area contributed by atoms with Gasteiger partial charge in [0.25, 0.3) is 10.0 Å². The number of aryl methyl sites for hydroxylation is 1. The van der Waals surface area contributed by atoms with E-state index in [-0.39, 0.29) is 21.9 Å². The van der Waals surface area contributed by atoms with Crippen molar-refractivity contribution in [3.05, 3.63) is 29.8 Å². The number of amides is 1. The van der Waals surface area contributed by atoms with E-state index in [9.17, 15) is 13.2 Å². The van der Waals surface area contributed by atoms with Crippen molar-refractivity contribution >= 4 is 32.4 Å². The molecule has 0 unspecified atom stereocenters. The zero-order chi connectivity index (χ0) is 18.3. The minimum atomic E-state index is -3.74. The Labute approximate surface area is 150 Å². The number of carbonyl (C=O) groups is 1. The zero-order valence-electron chi connectivity index (χ0n) is 14.0. The summed E-state index contributed by atoms with van der Waals surface area (Å²) in [5, 5.41) is 9.79. The monoisotopic (exact) mass is 384 g/mol. The van der Waals surface area contributed by atoms with Gasteiger partial charge in [-0.1, -0.05) is 29.5 Å². The van der Waals surface area contributed by atoms with E-state index in [1.54, 1.807) is 0 Å². The number of para-hydroxylation sites is 1. The quantitative estimate of drug-likeness (QED) is 0.504. The van der Waals surface area contributed by atoms with Crippen molar-refractivity contribution < 1.29 is 17.9 Å². The molecule has 0 saturated heterocycles. The lowest BCUT2D eigenvalue weighted by Gasteiger charge is -2.10. The van der Waals surface area contributed by atoms with Crippen molar-refractivity contribution in [1.29, 1.82) is 0 Å². The Balaban J connectivity index is 1.88. The fraction of sp³-hybridized carbons (Fsp3) is 0.400. The maximum absolute atomic E-state index is 12.2. The maximum atomic E-state index is 12.2. The molecule has 0 aliphatic rings. The fourth-order valence-corrected chi connectivity index (χ4v) is 4.13. The van der Waals surface area contributed by atoms with Crippen molar-refractivity contribution in [2.75, 3.05) is 18.5 Å². The van der Waals surface area contributed by atoms with Crippen LogP contribution in [-0.4, -0.2) is 37.7 Å². The Morgan fingerprint density at radius 2 is 2.04 bits per heavy atom. The summed E-state index contributed by atoms with van der Waals surface area (Å²) in [5.41, 5.74) is 1.03. The highest BCUT2D eigenvalue weighted by Crippen LogP contribution is 2.21. The molecule has 1 aromatic carbocycles. The van der Waals surface area contributed by atoms with Crippen LogP contribution < -0.4 is 14.8 Å². The molecule has 0 aliphatic carbocycles. The summed E-state index contributed by atoms with van der Waals surface area (Å²) in [7, 11) is -3.74. The smallest absolute Gasteiger partial charge is 0.269 e. The number of ether oxygens (including phenoxy) is 1. The minimum Gasteiger partial charge on any atom is -0.494 e. The van der Waals surface area contributed by atoms with Crippen LogP contribution in [-0.2, 0) is 21.2 Å². The third-order valence-corrected chi connectivity index (χ3v) is 5.77. The summed E-state index contributed by atoms with van der Waals surface area (Å²) in [6.07, 6.45) is 1.30. The Kier molecular flexibility index (Phi) is 6.85. The predicted octanol–water partition coefficient (Wildman–Crippen LogP) is 1.81. The first-order valence-electron chi connectivity index (χ1n) is 7.74. The molecule has 2 N–H and O–H groups in total. The van der Waals surface area contributed by atoms with Crippen molar-refractivity contribution in [3.63, 3.8) is 0 Å². The summed E-state index contributed by atoms with van der Waals surface area (Å²) in [4.78, 5) is 10.9. The SMILES string of the molecule is CCOc1ccccc1CCCNS(=O)(=O)c1nnc(NC(C)=O)s1. The molecule has 10 heteroatoms. The van der Waals surface area contributed by atoms with Gasteiger partial charge in [-0.3, -0.25) is 4.79 Å². The predicted molar refractivity (Wildman–Crippen MR) is 95.3 cm³/mol. The first-order chi connectivity index (χ1) is 11.9. The van der Waals surface area contributed by atoms with E-state index in [1.807, 2.05) is 31.2 Å². The number of nitrogens with one attached hydrogen (secondary N) is 2. The molecular weight excluding hydrogens is 364 g/mol. The average Bonchev–Trinajstić information content (AvgIpc) is 3.02. The molecule has 25 heavy (non-hydrogen) atoms. The summed E-state index contributed by atoms with van der Waals surface area (Å²) in [6, 6.07) is 7.68. The largest absolute Gasteiger partial charge is 0.494 e. The van der Waals surface area contributed by atoms with Crippen molar-refractivity contribution in [3.8, 4) is 5.75 Å². The van der Waals surface area contributed by atoms with Crippen LogP contribution in [0.3, 0.4) is 0 Å². The van der Waals surface area contributed by atoms with Gasteiger partial charge in [0.2, 0.25) is 15.4 Å². The summed E-state index contributed by atoms with van der Waals surface area (Å²) >= 11 is 0.807. The van der Waals surface area contributed by atoms with Gasteiger partial charge in [-0.05, 0) is 31.4 Å². The Morgan fingerprint density at radius 1 is 1.28 bits per heavy atom. The molecule has 2 rings (SSSR count). The number of sulfonamides is 1. The van der Waals surface area contributed by atoms with Gasteiger partial charge in [0.05, 0.1) is 6.61 Å². The first-order valence-corrected chi connectivity index (χ1v) is 10.0. The molecule has 1 amide bonds. The standard InChI is InChI=1S/C15H20N4O4S2/c1-3-23-13-9-5-4-7-12(13)8-6-10-16-25(21,22)15-19-18-14(24-15)17-11(2)20/h4-5,7,9,16H,3,6,8,10H2,1-2H3,(H,17,18,20). The lowest BCUT2D eigenvalue weighted by Crippen LogP contribution is -2.25. The third-order valence-electron chi connectivity index (χ3n) is 3.11. The topological polar surface area (TPSA) is 110 Å². The Bertz CT molecular complexity index is 820. The van der Waals surface area contributed by atoms with Crippen LogP contribution >= 0.6 is 11.3 Å². The number of hydrogen-bond donors (Lipinski definition) is 2. The Hall–Kier alpha value is -2.04. The van der Waals surface area contributed by atoms with Crippen LogP contribution in [0.15, 0.2) is 28.6 Å². The van der Waals surface area contributed by atoms with E-state index >= 15 is 0 Å². The van der Waals surface area contributed by atoms with E-state index < -0.39 is 10.0 Å². The average molecular weight is 384 g/mol. The molecule has 2 aromatic rings. The molecule has 0 atom stereocenters. The highest BCUT2D eigenvalue weighted by Gasteiger charge is 2.20. The molecule has 136 valence electrons. The molecule has 0 radical (unpaired) electrons. The summed E-state index contributed by atoms with van der Waals surface area (Å²) < 4.78 is 32.2. The summed E-state index contributed by atoms with van der Waals surface area (Å²) in [5.74, 6) is 0.484. The van der Waals surface area contributed by atoms with Crippen LogP contribution in [0.1, 0.15) is 25.8 Å². The van der Waals surface area contributed by atoms with Crippen LogP contribution in [0.2, 0.25) is 0 Å². The second-order valence-electron chi connectivity index (χ2n) is 5.10. The molecule has 8 nitrogen and oxygen atoms in total. The van der Waals surface area contributed by atoms with Crippen molar-refractivity contribution in [2.24, 2.45) is 0 Å². The number of aromatic nitrogens is 2. The van der Waals surface area contributed by atoms with E-state index in [2.05, 4.69) is 20.2 Å². The highest BCUT2D eigenvalue weighted by atomic mass is 32.2. The number of rotatable bonds is 9. The number of anilines is 1. The number of benzene rings is 1. The van der Waals surface area contributed by atoms with E-state index in [1.165, 1.54) is 6.92 Å². The van der Waals surface area contributed by atoms with E-state index in [0.717, 1.165) is 22.6 Å². The molecule has 0 bridgehead atoms. The first kappa shape index (κ1) is 19.3. The van der Waals surface area contributed by atoms with Crippen LogP contribution in [0.4, 0.5) is 5.13 Å². The zero-order valence-corrected chi connectivity index (χ0v) is 15.6. The van der Waals surface area contributed by atoms with Crippen LogP contribution in [0.5, 0.6) is 5.75 Å². The molecule has 1 aromatic heterocycles. The lowest BCUT2D eigenvalue weighted by atomic mass is 10.1. The lowest BCUT2D eigenvalue weighted by molar-refractivity contribution is -0.114. The highest BCUT2D eigenvalue weighted by molar-refractivity contribution is 7.91. The molecule has 0 fully saturated rings. The van der Waals surface area contributed by atoms with Gasteiger partial charge in [0, 0.05) is 13.5 Å². The van der Waals surface area contributed by atoms with Gasteiger partial charge in [0.15, 0.2) is 0 Å². The van der Waals surface area contributed by atoms with Gasteiger partial charge in [-0.2, -0.15) is 0 Å². The summed E-state index contributed by atoms with van der Waals surface area (Å²) in [6.45, 7) is 4.07. The molecule has 0 spiro atoms. The molecular formula is C15H20N4O4S2. The van der Waals surface area contributed by atoms with Gasteiger partial charge in [-0.15, -0.1) is 10.2 Å². The molecule has 1 heterocycles. The number of hydrogen-bond acceptors (Lipinski definition) is 7. The van der Waals surface area contributed by atoms with Crippen LogP contribution in [0, 0.1) is 0 Å². The van der Waals surface area contributed by atoms with Gasteiger partial charge in [0.1, 0.15) is 5.75 Å². The third kappa shape index (κ3) is 5.76.